The summed E-state index contributed by atoms with van der Waals surface area (Å²) in [5, 5.41) is 9.02. The highest BCUT2D eigenvalue weighted by molar-refractivity contribution is 5.33. The van der Waals surface area contributed by atoms with Gasteiger partial charge in [-0.2, -0.15) is 13.2 Å². The van der Waals surface area contributed by atoms with Gasteiger partial charge in [0.15, 0.2) is 0 Å². The van der Waals surface area contributed by atoms with Crippen LogP contribution in [0.2, 0.25) is 0 Å². The molecule has 72 valence electrons. The maximum atomic E-state index is 11.9. The van der Waals surface area contributed by atoms with Gasteiger partial charge in [0.2, 0.25) is 0 Å². The Morgan fingerprint density at radius 1 is 1.23 bits per heavy atom. The molecule has 0 fully saturated rings. The van der Waals surface area contributed by atoms with E-state index in [4.69, 9.17) is 5.11 Å². The number of aromatic hydroxyl groups is 1. The van der Waals surface area contributed by atoms with Crippen molar-refractivity contribution >= 4 is 0 Å². The van der Waals surface area contributed by atoms with Gasteiger partial charge in [-0.1, -0.05) is 6.07 Å². The fourth-order valence-corrected chi connectivity index (χ4v) is 1.17. The minimum absolute atomic E-state index is 0.0880. The Morgan fingerprint density at radius 3 is 2.31 bits per heavy atom. The van der Waals surface area contributed by atoms with Crippen molar-refractivity contribution in [1.82, 2.24) is 0 Å². The Balaban J connectivity index is 2.90. The molecule has 0 saturated heterocycles. The Bertz CT molecular complexity index is 284. The summed E-state index contributed by atoms with van der Waals surface area (Å²) in [6.45, 7) is 1.64. The van der Waals surface area contributed by atoms with Crippen LogP contribution < -0.4 is 0 Å². The van der Waals surface area contributed by atoms with E-state index in [1.165, 1.54) is 12.1 Å². The quantitative estimate of drug-likeness (QED) is 0.721. The molecule has 0 aliphatic carbocycles. The van der Waals surface area contributed by atoms with Gasteiger partial charge in [0, 0.05) is 0 Å². The summed E-state index contributed by atoms with van der Waals surface area (Å²) in [4.78, 5) is 0. The summed E-state index contributed by atoms with van der Waals surface area (Å²) in [6.07, 6.45) is -5.22. The molecule has 1 N–H and O–H groups in total. The van der Waals surface area contributed by atoms with Gasteiger partial charge in [-0.05, 0) is 30.2 Å². The van der Waals surface area contributed by atoms with E-state index in [1.54, 1.807) is 6.92 Å². The number of aryl methyl sites for hydroxylation is 1. The molecule has 0 bridgehead atoms. The summed E-state index contributed by atoms with van der Waals surface area (Å²) >= 11 is 0. The van der Waals surface area contributed by atoms with Gasteiger partial charge in [-0.3, -0.25) is 0 Å². The second-order valence-corrected chi connectivity index (χ2v) is 2.97. The fraction of sp³-hybridized carbons (Fsp3) is 0.333. The molecule has 0 aliphatic rings. The number of phenols is 1. The van der Waals surface area contributed by atoms with E-state index < -0.39 is 12.6 Å². The lowest BCUT2D eigenvalue weighted by Crippen LogP contribution is -2.11. The minimum Gasteiger partial charge on any atom is -0.508 e. The largest absolute Gasteiger partial charge is 0.508 e. The number of halogens is 3. The average molecular weight is 190 g/mol. The van der Waals surface area contributed by atoms with Crippen molar-refractivity contribution in [3.05, 3.63) is 29.3 Å². The maximum absolute atomic E-state index is 11.9. The Morgan fingerprint density at radius 2 is 1.85 bits per heavy atom. The first-order valence-corrected chi connectivity index (χ1v) is 3.73. The van der Waals surface area contributed by atoms with Crippen LogP contribution in [0, 0.1) is 6.92 Å². The van der Waals surface area contributed by atoms with Crippen LogP contribution in [0.4, 0.5) is 13.2 Å². The fourth-order valence-electron chi connectivity index (χ4n) is 1.17. The number of phenolic OH excluding ortho intramolecular Hbond substituents is 1. The molecule has 0 unspecified atom stereocenters. The molecule has 0 amide bonds. The molecule has 0 heterocycles. The zero-order valence-corrected chi connectivity index (χ0v) is 7.02. The maximum Gasteiger partial charge on any atom is 0.393 e. The first kappa shape index (κ1) is 9.89. The highest BCUT2D eigenvalue weighted by atomic mass is 19.4. The molecule has 1 aromatic carbocycles. The number of alkyl halides is 3. The highest BCUT2D eigenvalue weighted by Gasteiger charge is 2.27. The number of rotatable bonds is 1. The molecular formula is C9H9F3O. The second-order valence-electron chi connectivity index (χ2n) is 2.97. The number of hydrogen-bond acceptors (Lipinski definition) is 1. The Kier molecular flexibility index (Phi) is 2.50. The molecular weight excluding hydrogens is 181 g/mol. The average Bonchev–Trinajstić information content (AvgIpc) is 1.78. The van der Waals surface area contributed by atoms with Crippen LogP contribution >= 0.6 is 0 Å². The van der Waals surface area contributed by atoms with Crippen molar-refractivity contribution in [1.29, 1.82) is 0 Å². The summed E-state index contributed by atoms with van der Waals surface area (Å²) < 4.78 is 35.8. The molecule has 0 saturated carbocycles. The molecule has 1 nitrogen and oxygen atoms in total. The predicted molar refractivity (Wildman–Crippen MR) is 42.6 cm³/mol. The Hall–Kier alpha value is -1.19. The monoisotopic (exact) mass is 190 g/mol. The van der Waals surface area contributed by atoms with Crippen molar-refractivity contribution < 1.29 is 18.3 Å². The molecule has 1 aromatic rings. The third-order valence-electron chi connectivity index (χ3n) is 1.53. The summed E-state index contributed by atoms with van der Waals surface area (Å²) in [7, 11) is 0. The zero-order chi connectivity index (χ0) is 10.1. The lowest BCUT2D eigenvalue weighted by Gasteiger charge is -2.07. The van der Waals surface area contributed by atoms with Gasteiger partial charge in [0.05, 0.1) is 6.42 Å². The third kappa shape index (κ3) is 3.36. The smallest absolute Gasteiger partial charge is 0.393 e. The van der Waals surface area contributed by atoms with Gasteiger partial charge in [-0.15, -0.1) is 0 Å². The molecule has 0 atom stereocenters. The SMILES string of the molecule is Cc1cc(O)cc(CC(F)(F)F)c1. The molecule has 13 heavy (non-hydrogen) atoms. The van der Waals surface area contributed by atoms with E-state index in [0.29, 0.717) is 5.56 Å². The second kappa shape index (κ2) is 3.28. The van der Waals surface area contributed by atoms with E-state index in [0.717, 1.165) is 6.07 Å². The van der Waals surface area contributed by atoms with E-state index in [9.17, 15) is 13.2 Å². The van der Waals surface area contributed by atoms with Crippen LogP contribution in [0.15, 0.2) is 18.2 Å². The van der Waals surface area contributed by atoms with E-state index in [2.05, 4.69) is 0 Å². The third-order valence-corrected chi connectivity index (χ3v) is 1.53. The summed E-state index contributed by atoms with van der Waals surface area (Å²) in [6, 6.07) is 3.95. The lowest BCUT2D eigenvalue weighted by atomic mass is 10.1. The van der Waals surface area contributed by atoms with Gasteiger partial charge >= 0.3 is 6.18 Å². The first-order valence-electron chi connectivity index (χ1n) is 3.73. The first-order chi connectivity index (χ1) is 5.87. The standard InChI is InChI=1S/C9H9F3O/c1-6-2-7(4-8(13)3-6)5-9(10,11)12/h2-4,13H,5H2,1H3. The predicted octanol–water partition coefficient (Wildman–Crippen LogP) is 2.81. The Labute approximate surface area is 73.8 Å². The summed E-state index contributed by atoms with van der Waals surface area (Å²) in [5.74, 6) is -0.126. The topological polar surface area (TPSA) is 20.2 Å². The summed E-state index contributed by atoms with van der Waals surface area (Å²) in [5.41, 5.74) is 0.712. The van der Waals surface area contributed by atoms with Crippen LogP contribution in [-0.2, 0) is 6.42 Å². The molecule has 1 rings (SSSR count). The zero-order valence-electron chi connectivity index (χ0n) is 7.02. The van der Waals surface area contributed by atoms with Crippen LogP contribution in [-0.4, -0.2) is 11.3 Å². The lowest BCUT2D eigenvalue weighted by molar-refractivity contribution is -0.127. The van der Waals surface area contributed by atoms with Crippen molar-refractivity contribution in [3.63, 3.8) is 0 Å². The van der Waals surface area contributed by atoms with Crippen molar-refractivity contribution in [2.45, 2.75) is 19.5 Å². The molecule has 0 radical (unpaired) electrons. The van der Waals surface area contributed by atoms with Crippen LogP contribution in [0.3, 0.4) is 0 Å². The minimum atomic E-state index is -4.22. The molecule has 0 spiro atoms. The number of hydrogen-bond donors (Lipinski definition) is 1. The van der Waals surface area contributed by atoms with Crippen LogP contribution in [0.25, 0.3) is 0 Å². The van der Waals surface area contributed by atoms with Crippen molar-refractivity contribution in [3.8, 4) is 5.75 Å². The normalized spacial score (nSPS) is 11.7. The van der Waals surface area contributed by atoms with Crippen LogP contribution in [0.5, 0.6) is 5.75 Å². The number of benzene rings is 1. The molecule has 0 aliphatic heterocycles. The molecule has 0 aromatic heterocycles. The van der Waals surface area contributed by atoms with Crippen molar-refractivity contribution in [2.75, 3.05) is 0 Å². The van der Waals surface area contributed by atoms with Crippen molar-refractivity contribution in [2.24, 2.45) is 0 Å². The van der Waals surface area contributed by atoms with E-state index >= 15 is 0 Å². The van der Waals surface area contributed by atoms with E-state index in [-0.39, 0.29) is 11.3 Å². The van der Waals surface area contributed by atoms with Gasteiger partial charge < -0.3 is 5.11 Å². The van der Waals surface area contributed by atoms with Gasteiger partial charge in [-0.25, -0.2) is 0 Å². The molecule has 4 heteroatoms. The van der Waals surface area contributed by atoms with Gasteiger partial charge in [0.1, 0.15) is 5.75 Å². The van der Waals surface area contributed by atoms with Crippen LogP contribution in [0.1, 0.15) is 11.1 Å². The highest BCUT2D eigenvalue weighted by Crippen LogP contribution is 2.24. The van der Waals surface area contributed by atoms with E-state index in [1.807, 2.05) is 0 Å². The van der Waals surface area contributed by atoms with Gasteiger partial charge in [0.25, 0.3) is 0 Å².